The first kappa shape index (κ1) is 14.0. The summed E-state index contributed by atoms with van der Waals surface area (Å²) in [7, 11) is 0. The molecule has 0 spiro atoms. The highest BCUT2D eigenvalue weighted by molar-refractivity contribution is 7.80. The summed E-state index contributed by atoms with van der Waals surface area (Å²) in [4.78, 5) is 7.50. The van der Waals surface area contributed by atoms with Crippen molar-refractivity contribution in [3.05, 3.63) is 44.8 Å². The Bertz CT molecular complexity index is 598. The number of anilines is 1. The molecule has 0 fully saturated rings. The summed E-state index contributed by atoms with van der Waals surface area (Å²) in [6.45, 7) is 6.98. The predicted molar refractivity (Wildman–Crippen MR) is 86.0 cm³/mol. The normalized spacial score (nSPS) is 10.5. The lowest BCUT2D eigenvalue weighted by atomic mass is 10.2. The van der Waals surface area contributed by atoms with Crippen LogP contribution in [0.1, 0.15) is 26.6 Å². The molecule has 0 bridgehead atoms. The number of aromatic nitrogens is 1. The van der Waals surface area contributed by atoms with Crippen LogP contribution in [-0.4, -0.2) is 9.97 Å². The molecule has 2 rings (SSSR count). The van der Waals surface area contributed by atoms with Crippen molar-refractivity contribution in [1.82, 2.24) is 4.98 Å². The van der Waals surface area contributed by atoms with E-state index in [0.717, 1.165) is 23.6 Å². The third-order valence-electron chi connectivity index (χ3n) is 2.90. The number of nitrogens with two attached hydrogens (primary N) is 1. The van der Waals surface area contributed by atoms with E-state index in [0.29, 0.717) is 4.99 Å². The molecule has 0 unspecified atom stereocenters. The first-order valence-corrected chi connectivity index (χ1v) is 7.26. The van der Waals surface area contributed by atoms with Gasteiger partial charge in [-0.25, -0.2) is 4.98 Å². The Hall–Kier alpha value is -1.46. The predicted octanol–water partition coefficient (Wildman–Crippen LogP) is 3.31. The summed E-state index contributed by atoms with van der Waals surface area (Å²) in [6, 6.07) is 5.99. The second-order valence-electron chi connectivity index (χ2n) is 4.55. The molecule has 2 aromatic heterocycles. The van der Waals surface area contributed by atoms with Crippen LogP contribution in [0.15, 0.2) is 18.2 Å². The van der Waals surface area contributed by atoms with E-state index in [1.807, 2.05) is 30.4 Å². The first-order valence-electron chi connectivity index (χ1n) is 6.04. The molecule has 0 saturated carbocycles. The van der Waals surface area contributed by atoms with E-state index in [1.165, 1.54) is 15.3 Å². The molecule has 0 aliphatic carbocycles. The maximum absolute atomic E-state index is 5.66. The lowest BCUT2D eigenvalue weighted by Gasteiger charge is -2.07. The summed E-state index contributed by atoms with van der Waals surface area (Å²) >= 11 is 6.81. The topological polar surface area (TPSA) is 50.9 Å². The van der Waals surface area contributed by atoms with E-state index in [-0.39, 0.29) is 0 Å². The third kappa shape index (κ3) is 3.52. The molecule has 0 atom stereocenters. The van der Waals surface area contributed by atoms with Gasteiger partial charge in [0.15, 0.2) is 0 Å². The average molecular weight is 291 g/mol. The Balaban J connectivity index is 2.13. The van der Waals surface area contributed by atoms with Crippen molar-refractivity contribution in [2.24, 2.45) is 5.73 Å². The van der Waals surface area contributed by atoms with E-state index < -0.39 is 0 Å². The van der Waals surface area contributed by atoms with Crippen LogP contribution in [0.3, 0.4) is 0 Å². The quantitative estimate of drug-likeness (QED) is 0.849. The van der Waals surface area contributed by atoms with E-state index >= 15 is 0 Å². The van der Waals surface area contributed by atoms with Gasteiger partial charge in [0.05, 0.1) is 6.54 Å². The van der Waals surface area contributed by atoms with Gasteiger partial charge in [0.2, 0.25) is 0 Å². The summed E-state index contributed by atoms with van der Waals surface area (Å²) < 4.78 is 0. The van der Waals surface area contributed by atoms with Gasteiger partial charge >= 0.3 is 0 Å². The summed E-state index contributed by atoms with van der Waals surface area (Å²) in [5, 5.41) is 3.32. The van der Waals surface area contributed by atoms with Crippen molar-refractivity contribution in [3.63, 3.8) is 0 Å². The van der Waals surface area contributed by atoms with Crippen molar-refractivity contribution in [3.8, 4) is 0 Å². The standard InChI is InChI=1S/C14H17N3S2/c1-8-4-12(19-10(8)3)7-16-13-6-11(14(15)18)5-9(2)17-13/h4-6H,7H2,1-3H3,(H2,15,18)(H,16,17). The van der Waals surface area contributed by atoms with Crippen LogP contribution in [0.2, 0.25) is 0 Å². The molecule has 3 nitrogen and oxygen atoms in total. The number of hydrogen-bond acceptors (Lipinski definition) is 4. The minimum absolute atomic E-state index is 0.399. The number of thiocarbonyl (C=S) groups is 1. The molecule has 3 N–H and O–H groups in total. The monoisotopic (exact) mass is 291 g/mol. The van der Waals surface area contributed by atoms with Crippen LogP contribution in [0.5, 0.6) is 0 Å². The Morgan fingerprint density at radius 1 is 1.32 bits per heavy atom. The maximum atomic E-state index is 5.66. The number of thiophene rings is 1. The fraction of sp³-hybridized carbons (Fsp3) is 0.286. The molecule has 0 aliphatic rings. The molecular formula is C14H17N3S2. The summed E-state index contributed by atoms with van der Waals surface area (Å²) in [5.41, 5.74) is 8.76. The average Bonchev–Trinajstić information content (AvgIpc) is 2.65. The van der Waals surface area contributed by atoms with Gasteiger partial charge < -0.3 is 11.1 Å². The molecule has 0 saturated heterocycles. The summed E-state index contributed by atoms with van der Waals surface area (Å²) in [5.74, 6) is 0.812. The van der Waals surface area contributed by atoms with E-state index in [1.54, 1.807) is 0 Å². The minimum atomic E-state index is 0.399. The van der Waals surface area contributed by atoms with Crippen molar-refractivity contribution in [2.45, 2.75) is 27.3 Å². The Labute approximate surface area is 122 Å². The molecule has 0 amide bonds. The van der Waals surface area contributed by atoms with Crippen LogP contribution >= 0.6 is 23.6 Å². The SMILES string of the molecule is Cc1cc(C(N)=S)cc(NCc2cc(C)c(C)s2)n1. The molecule has 0 radical (unpaired) electrons. The van der Waals surface area contributed by atoms with Crippen molar-refractivity contribution < 1.29 is 0 Å². The van der Waals surface area contributed by atoms with Gasteiger partial charge in [-0.3, -0.25) is 0 Å². The Morgan fingerprint density at radius 3 is 2.63 bits per heavy atom. The van der Waals surface area contributed by atoms with Gasteiger partial charge in [-0.1, -0.05) is 12.2 Å². The van der Waals surface area contributed by atoms with Crippen LogP contribution < -0.4 is 11.1 Å². The fourth-order valence-corrected chi connectivity index (χ4v) is 2.93. The zero-order valence-corrected chi connectivity index (χ0v) is 12.9. The number of nitrogens with one attached hydrogen (secondary N) is 1. The third-order valence-corrected chi connectivity index (χ3v) is 4.29. The zero-order chi connectivity index (χ0) is 14.0. The van der Waals surface area contributed by atoms with Gasteiger partial charge in [0.25, 0.3) is 0 Å². The van der Waals surface area contributed by atoms with Crippen LogP contribution in [-0.2, 0) is 6.54 Å². The highest BCUT2D eigenvalue weighted by atomic mass is 32.1. The molecule has 2 heterocycles. The number of rotatable bonds is 4. The molecule has 100 valence electrons. The van der Waals surface area contributed by atoms with Crippen molar-refractivity contribution in [1.29, 1.82) is 0 Å². The van der Waals surface area contributed by atoms with Gasteiger partial charge in [0.1, 0.15) is 10.8 Å². The lowest BCUT2D eigenvalue weighted by Crippen LogP contribution is -2.11. The zero-order valence-electron chi connectivity index (χ0n) is 11.3. The highest BCUT2D eigenvalue weighted by Crippen LogP contribution is 2.21. The first-order chi connectivity index (χ1) is 8.95. The van der Waals surface area contributed by atoms with Gasteiger partial charge in [0, 0.05) is 21.0 Å². The van der Waals surface area contributed by atoms with Crippen molar-refractivity contribution in [2.75, 3.05) is 5.32 Å². The largest absolute Gasteiger partial charge is 0.389 e. The molecule has 0 aliphatic heterocycles. The van der Waals surface area contributed by atoms with E-state index in [9.17, 15) is 0 Å². The van der Waals surface area contributed by atoms with Gasteiger partial charge in [-0.05, 0) is 44.5 Å². The van der Waals surface area contributed by atoms with E-state index in [2.05, 4.69) is 30.2 Å². The van der Waals surface area contributed by atoms with E-state index in [4.69, 9.17) is 18.0 Å². The molecule has 19 heavy (non-hydrogen) atoms. The van der Waals surface area contributed by atoms with Gasteiger partial charge in [-0.15, -0.1) is 11.3 Å². The minimum Gasteiger partial charge on any atom is -0.389 e. The van der Waals surface area contributed by atoms with Crippen LogP contribution in [0, 0.1) is 20.8 Å². The van der Waals surface area contributed by atoms with Crippen molar-refractivity contribution >= 4 is 34.4 Å². The Kier molecular flexibility index (Phi) is 4.17. The van der Waals surface area contributed by atoms with Gasteiger partial charge in [-0.2, -0.15) is 0 Å². The number of hydrogen-bond donors (Lipinski definition) is 2. The van der Waals surface area contributed by atoms with Crippen LogP contribution in [0.25, 0.3) is 0 Å². The molecule has 0 aromatic carbocycles. The molecule has 5 heteroatoms. The highest BCUT2D eigenvalue weighted by Gasteiger charge is 2.04. The Morgan fingerprint density at radius 2 is 2.05 bits per heavy atom. The smallest absolute Gasteiger partial charge is 0.127 e. The molecular weight excluding hydrogens is 274 g/mol. The second kappa shape index (κ2) is 5.67. The number of nitrogens with zero attached hydrogens (tertiary/aromatic N) is 1. The summed E-state index contributed by atoms with van der Waals surface area (Å²) in [6.07, 6.45) is 0. The fourth-order valence-electron chi connectivity index (χ4n) is 1.82. The maximum Gasteiger partial charge on any atom is 0.127 e. The van der Waals surface area contributed by atoms with Crippen LogP contribution in [0.4, 0.5) is 5.82 Å². The molecule has 2 aromatic rings. The number of pyridine rings is 1. The number of aryl methyl sites for hydroxylation is 3. The lowest BCUT2D eigenvalue weighted by molar-refractivity contribution is 1.11. The second-order valence-corrected chi connectivity index (χ2v) is 6.33.